The maximum Gasteiger partial charge on any atom is 0.251 e. The van der Waals surface area contributed by atoms with Gasteiger partial charge in [0, 0.05) is 24.7 Å². The minimum Gasteiger partial charge on any atom is -0.383 e. The number of fused-ring (bicyclic) bond motifs is 1. The monoisotopic (exact) mass is 406 g/mol. The van der Waals surface area contributed by atoms with E-state index in [1.54, 1.807) is 19.2 Å². The first kappa shape index (κ1) is 18.7. The second-order valence-electron chi connectivity index (χ2n) is 7.58. The van der Waals surface area contributed by atoms with Gasteiger partial charge in [-0.05, 0) is 24.3 Å². The molecule has 3 N–H and O–H groups in total. The molecule has 1 amide bonds. The van der Waals surface area contributed by atoms with Gasteiger partial charge in [0.25, 0.3) is 5.91 Å². The molecule has 2 aliphatic rings. The SMILES string of the molecule is CNC(=O)c1cccc(-c2ccc3c(N)nc(N4CCOC5(COC5)C4)nc3n2)c1. The van der Waals surface area contributed by atoms with E-state index in [9.17, 15) is 4.79 Å². The van der Waals surface area contributed by atoms with Crippen molar-refractivity contribution in [3.05, 3.63) is 42.0 Å². The molecule has 9 nitrogen and oxygen atoms in total. The highest BCUT2D eigenvalue weighted by atomic mass is 16.6. The number of anilines is 2. The fourth-order valence-corrected chi connectivity index (χ4v) is 3.81. The number of morpholine rings is 1. The summed E-state index contributed by atoms with van der Waals surface area (Å²) < 4.78 is 11.2. The molecule has 30 heavy (non-hydrogen) atoms. The highest BCUT2D eigenvalue weighted by molar-refractivity contribution is 5.95. The lowest BCUT2D eigenvalue weighted by molar-refractivity contribution is -0.212. The third-order valence-electron chi connectivity index (χ3n) is 5.49. The minimum absolute atomic E-state index is 0.146. The lowest BCUT2D eigenvalue weighted by Crippen LogP contribution is -2.63. The van der Waals surface area contributed by atoms with Crippen molar-refractivity contribution in [2.75, 3.05) is 50.6 Å². The van der Waals surface area contributed by atoms with Crippen LogP contribution in [0.4, 0.5) is 11.8 Å². The summed E-state index contributed by atoms with van der Waals surface area (Å²) in [6.07, 6.45) is 0. The normalized spacial score (nSPS) is 17.7. The maximum atomic E-state index is 12.0. The van der Waals surface area contributed by atoms with Crippen LogP contribution in [0.3, 0.4) is 0 Å². The Morgan fingerprint density at radius 2 is 2.07 bits per heavy atom. The fourth-order valence-electron chi connectivity index (χ4n) is 3.81. The summed E-state index contributed by atoms with van der Waals surface area (Å²) >= 11 is 0. The summed E-state index contributed by atoms with van der Waals surface area (Å²) in [6.45, 7) is 3.09. The molecule has 2 saturated heterocycles. The van der Waals surface area contributed by atoms with Gasteiger partial charge < -0.3 is 25.4 Å². The summed E-state index contributed by atoms with van der Waals surface area (Å²) in [5.41, 5.74) is 8.57. The number of carbonyl (C=O) groups excluding carboxylic acids is 1. The van der Waals surface area contributed by atoms with Crippen LogP contribution >= 0.6 is 0 Å². The summed E-state index contributed by atoms with van der Waals surface area (Å²) in [4.78, 5) is 27.9. The van der Waals surface area contributed by atoms with Crippen molar-refractivity contribution in [3.63, 3.8) is 0 Å². The Bertz CT molecular complexity index is 1130. The van der Waals surface area contributed by atoms with Crippen LogP contribution in [0.25, 0.3) is 22.3 Å². The number of amides is 1. The molecule has 0 radical (unpaired) electrons. The van der Waals surface area contributed by atoms with Gasteiger partial charge in [0.15, 0.2) is 5.65 Å². The van der Waals surface area contributed by atoms with Gasteiger partial charge in [-0.1, -0.05) is 12.1 Å². The van der Waals surface area contributed by atoms with Crippen molar-refractivity contribution in [2.24, 2.45) is 0 Å². The molecule has 2 fully saturated rings. The van der Waals surface area contributed by atoms with Gasteiger partial charge in [-0.15, -0.1) is 0 Å². The number of nitrogens with two attached hydrogens (primary N) is 1. The summed E-state index contributed by atoms with van der Waals surface area (Å²) in [6, 6.07) is 11.0. The molecule has 9 heteroatoms. The van der Waals surface area contributed by atoms with E-state index in [2.05, 4.69) is 15.2 Å². The largest absolute Gasteiger partial charge is 0.383 e. The Hall–Kier alpha value is -3.30. The Labute approximate surface area is 173 Å². The van der Waals surface area contributed by atoms with Gasteiger partial charge in [-0.2, -0.15) is 9.97 Å². The molecule has 0 unspecified atom stereocenters. The van der Waals surface area contributed by atoms with Crippen LogP contribution < -0.4 is 16.0 Å². The third kappa shape index (κ3) is 3.21. The molecule has 0 saturated carbocycles. The number of ether oxygens (including phenoxy) is 2. The van der Waals surface area contributed by atoms with Gasteiger partial charge in [-0.3, -0.25) is 4.79 Å². The van der Waals surface area contributed by atoms with Crippen LogP contribution in [-0.4, -0.2) is 66.4 Å². The van der Waals surface area contributed by atoms with Gasteiger partial charge in [0.05, 0.1) is 37.4 Å². The molecule has 4 heterocycles. The first-order valence-corrected chi connectivity index (χ1v) is 9.80. The highest BCUT2D eigenvalue weighted by Gasteiger charge is 2.44. The van der Waals surface area contributed by atoms with E-state index in [1.807, 2.05) is 24.3 Å². The number of hydrogen-bond donors (Lipinski definition) is 2. The molecule has 1 aromatic carbocycles. The molecule has 2 aliphatic heterocycles. The van der Waals surface area contributed by atoms with Gasteiger partial charge >= 0.3 is 0 Å². The Kier molecular flexibility index (Phi) is 4.48. The second-order valence-corrected chi connectivity index (χ2v) is 7.58. The first-order valence-electron chi connectivity index (χ1n) is 9.80. The fraction of sp³-hybridized carbons (Fsp3) is 0.333. The topological polar surface area (TPSA) is 115 Å². The second kappa shape index (κ2) is 7.19. The quantitative estimate of drug-likeness (QED) is 0.668. The van der Waals surface area contributed by atoms with Crippen molar-refractivity contribution >= 4 is 28.7 Å². The Morgan fingerprint density at radius 1 is 1.20 bits per heavy atom. The minimum atomic E-state index is -0.277. The zero-order chi connectivity index (χ0) is 20.7. The van der Waals surface area contributed by atoms with Crippen molar-refractivity contribution in [1.82, 2.24) is 20.3 Å². The standard InChI is InChI=1S/C21H22N6O3/c1-23-19(28)14-4-2-3-13(9-14)16-6-5-15-17(22)25-20(26-18(15)24-16)27-7-8-30-21(10-27)11-29-12-21/h2-6,9H,7-8,10-12H2,1H3,(H,23,28)(H2,22,24,25,26). The van der Waals surface area contributed by atoms with E-state index in [4.69, 9.17) is 25.2 Å². The number of pyridine rings is 1. The Morgan fingerprint density at radius 3 is 2.83 bits per heavy atom. The van der Waals surface area contributed by atoms with Crippen LogP contribution in [0.2, 0.25) is 0 Å². The zero-order valence-corrected chi connectivity index (χ0v) is 16.6. The zero-order valence-electron chi connectivity index (χ0n) is 16.6. The van der Waals surface area contributed by atoms with E-state index >= 15 is 0 Å². The van der Waals surface area contributed by atoms with Gasteiger partial charge in [-0.25, -0.2) is 4.98 Å². The van der Waals surface area contributed by atoms with Crippen molar-refractivity contribution in [3.8, 4) is 11.3 Å². The summed E-state index contributed by atoms with van der Waals surface area (Å²) in [5, 5.41) is 3.33. The van der Waals surface area contributed by atoms with E-state index in [-0.39, 0.29) is 11.5 Å². The number of hydrogen-bond acceptors (Lipinski definition) is 8. The molecule has 5 rings (SSSR count). The van der Waals surface area contributed by atoms with Crippen molar-refractivity contribution in [1.29, 1.82) is 0 Å². The number of nitrogens with one attached hydrogen (secondary N) is 1. The van der Waals surface area contributed by atoms with E-state index in [0.717, 1.165) is 5.56 Å². The number of nitrogens with zero attached hydrogens (tertiary/aromatic N) is 4. The molecule has 0 aliphatic carbocycles. The molecule has 0 bridgehead atoms. The average molecular weight is 406 g/mol. The third-order valence-corrected chi connectivity index (χ3v) is 5.49. The molecule has 3 aromatic rings. The van der Waals surface area contributed by atoms with Crippen LogP contribution in [0.5, 0.6) is 0 Å². The van der Waals surface area contributed by atoms with Gasteiger partial charge in [0.1, 0.15) is 11.4 Å². The van der Waals surface area contributed by atoms with Gasteiger partial charge in [0.2, 0.25) is 5.95 Å². The van der Waals surface area contributed by atoms with E-state index in [1.165, 1.54) is 0 Å². The van der Waals surface area contributed by atoms with Crippen molar-refractivity contribution < 1.29 is 14.3 Å². The molecular weight excluding hydrogens is 384 g/mol. The smallest absolute Gasteiger partial charge is 0.251 e. The summed E-state index contributed by atoms with van der Waals surface area (Å²) in [7, 11) is 1.61. The maximum absolute atomic E-state index is 12.0. The van der Waals surface area contributed by atoms with Crippen molar-refractivity contribution in [2.45, 2.75) is 5.60 Å². The Balaban J connectivity index is 1.52. The highest BCUT2D eigenvalue weighted by Crippen LogP contribution is 2.30. The first-order chi connectivity index (χ1) is 14.6. The number of benzene rings is 1. The number of nitrogen functional groups attached to an aromatic ring is 1. The van der Waals surface area contributed by atoms with Crippen LogP contribution in [0.1, 0.15) is 10.4 Å². The van der Waals surface area contributed by atoms with Crippen LogP contribution in [0.15, 0.2) is 36.4 Å². The average Bonchev–Trinajstić information content (AvgIpc) is 2.77. The number of aromatic nitrogens is 3. The molecule has 0 atom stereocenters. The molecule has 1 spiro atoms. The molecule has 154 valence electrons. The predicted octanol–water partition coefficient (Wildman–Crippen LogP) is 1.24. The number of carbonyl (C=O) groups is 1. The lowest BCUT2D eigenvalue weighted by atomic mass is 10.00. The lowest BCUT2D eigenvalue weighted by Gasteiger charge is -2.47. The predicted molar refractivity (Wildman–Crippen MR) is 112 cm³/mol. The van der Waals surface area contributed by atoms with Crippen LogP contribution in [0, 0.1) is 0 Å². The number of rotatable bonds is 3. The van der Waals surface area contributed by atoms with E-state index < -0.39 is 0 Å². The van der Waals surface area contributed by atoms with E-state index in [0.29, 0.717) is 67.0 Å². The summed E-state index contributed by atoms with van der Waals surface area (Å²) in [5.74, 6) is 0.782. The van der Waals surface area contributed by atoms with Crippen LogP contribution in [-0.2, 0) is 9.47 Å². The molecular formula is C21H22N6O3. The molecule has 2 aromatic heterocycles.